The van der Waals surface area contributed by atoms with Gasteiger partial charge >= 0.3 is 11.9 Å². The third-order valence-corrected chi connectivity index (χ3v) is 4.58. The second-order valence-corrected chi connectivity index (χ2v) is 6.88. The van der Waals surface area contributed by atoms with E-state index in [0.29, 0.717) is 27.9 Å². The molecule has 0 fully saturated rings. The van der Waals surface area contributed by atoms with Crippen molar-refractivity contribution in [1.29, 1.82) is 0 Å². The van der Waals surface area contributed by atoms with Crippen molar-refractivity contribution in [3.8, 4) is 0 Å². The van der Waals surface area contributed by atoms with Crippen molar-refractivity contribution in [3.05, 3.63) is 101 Å². The Morgan fingerprint density at radius 1 is 0.706 bits per heavy atom. The van der Waals surface area contributed by atoms with E-state index in [1.54, 1.807) is 79.0 Å². The summed E-state index contributed by atoms with van der Waals surface area (Å²) in [4.78, 5) is 35.3. The van der Waals surface area contributed by atoms with Crippen molar-refractivity contribution < 1.29 is 23.9 Å². The first kappa shape index (κ1) is 23.9. The molecule has 3 aromatic carbocycles. The van der Waals surface area contributed by atoms with Crippen LogP contribution in [0.4, 0.5) is 5.69 Å². The van der Waals surface area contributed by atoms with Crippen LogP contribution in [-0.4, -0.2) is 44.5 Å². The summed E-state index contributed by atoms with van der Waals surface area (Å²) in [5.74, 6) is -1.22. The predicted octanol–water partition coefficient (Wildman–Crippen LogP) is 3.47. The summed E-state index contributed by atoms with van der Waals surface area (Å²) in [7, 11) is 2.64. The Morgan fingerprint density at radius 2 is 1.24 bits per heavy atom. The maximum absolute atomic E-state index is 12.4. The first-order chi connectivity index (χ1) is 16.5. The fourth-order valence-corrected chi connectivity index (χ4v) is 2.79. The molecule has 0 saturated carbocycles. The van der Waals surface area contributed by atoms with E-state index >= 15 is 0 Å². The van der Waals surface area contributed by atoms with Gasteiger partial charge in [-0.25, -0.2) is 15.0 Å². The number of esters is 2. The number of nitrogens with zero attached hydrogens (tertiary/aromatic N) is 2. The zero-order chi connectivity index (χ0) is 24.3. The molecule has 34 heavy (non-hydrogen) atoms. The molecule has 0 unspecified atom stereocenters. The standard InChI is InChI=1S/C25H22N4O5/c1-33-24(31)19-10-6-17(7-11-19)15-26-28-22-5-3-4-21(14-22)23(30)29-27-16-18-8-12-20(13-9-18)25(32)34-2/h3-16,28H,1-2H3,(H,29,30)/b26-15+,27-16+. The molecule has 172 valence electrons. The van der Waals surface area contributed by atoms with Crippen molar-refractivity contribution in [3.63, 3.8) is 0 Å². The number of amides is 1. The van der Waals surface area contributed by atoms with Gasteiger partial charge in [0, 0.05) is 5.56 Å². The van der Waals surface area contributed by atoms with Gasteiger partial charge in [-0.3, -0.25) is 10.2 Å². The Balaban J connectivity index is 1.55. The van der Waals surface area contributed by atoms with Crippen LogP contribution in [0.15, 0.2) is 83.0 Å². The van der Waals surface area contributed by atoms with Crippen LogP contribution in [-0.2, 0) is 9.47 Å². The summed E-state index contributed by atoms with van der Waals surface area (Å²) < 4.78 is 9.32. The number of carbonyl (C=O) groups excluding carboxylic acids is 3. The van der Waals surface area contributed by atoms with Crippen LogP contribution >= 0.6 is 0 Å². The van der Waals surface area contributed by atoms with E-state index in [4.69, 9.17) is 0 Å². The molecule has 0 aliphatic carbocycles. The van der Waals surface area contributed by atoms with Gasteiger partial charge < -0.3 is 9.47 Å². The summed E-state index contributed by atoms with van der Waals surface area (Å²) in [6, 6.07) is 20.1. The molecule has 0 aliphatic rings. The highest BCUT2D eigenvalue weighted by Gasteiger charge is 2.06. The van der Waals surface area contributed by atoms with Crippen LogP contribution in [0.2, 0.25) is 0 Å². The Labute approximate surface area is 196 Å². The minimum atomic E-state index is -0.425. The van der Waals surface area contributed by atoms with E-state index < -0.39 is 17.8 Å². The monoisotopic (exact) mass is 458 g/mol. The average Bonchev–Trinajstić information content (AvgIpc) is 2.88. The van der Waals surface area contributed by atoms with Gasteiger partial charge in [-0.1, -0.05) is 30.3 Å². The van der Waals surface area contributed by atoms with Crippen LogP contribution in [0.3, 0.4) is 0 Å². The predicted molar refractivity (Wildman–Crippen MR) is 128 cm³/mol. The van der Waals surface area contributed by atoms with Crippen molar-refractivity contribution >= 4 is 36.0 Å². The second kappa shape index (κ2) is 11.7. The molecule has 0 radical (unpaired) electrons. The fourth-order valence-electron chi connectivity index (χ4n) is 2.79. The third kappa shape index (κ3) is 6.60. The maximum Gasteiger partial charge on any atom is 0.337 e. The topological polar surface area (TPSA) is 118 Å². The quantitative estimate of drug-likeness (QED) is 0.303. The van der Waals surface area contributed by atoms with E-state index in [0.717, 1.165) is 5.56 Å². The normalized spacial score (nSPS) is 10.8. The minimum absolute atomic E-state index is 0.390. The van der Waals surface area contributed by atoms with Crippen molar-refractivity contribution in [2.75, 3.05) is 19.6 Å². The lowest BCUT2D eigenvalue weighted by atomic mass is 10.1. The smallest absolute Gasteiger partial charge is 0.337 e. The Bertz CT molecular complexity index is 1220. The van der Waals surface area contributed by atoms with Gasteiger partial charge in [0.2, 0.25) is 0 Å². The van der Waals surface area contributed by atoms with Gasteiger partial charge in [0.1, 0.15) is 0 Å². The molecule has 9 heteroatoms. The number of carbonyl (C=O) groups is 3. The van der Waals surface area contributed by atoms with Gasteiger partial charge in [0.05, 0.1) is 43.5 Å². The van der Waals surface area contributed by atoms with Crippen LogP contribution in [0.25, 0.3) is 0 Å². The zero-order valence-electron chi connectivity index (χ0n) is 18.5. The molecule has 9 nitrogen and oxygen atoms in total. The number of rotatable bonds is 8. The lowest BCUT2D eigenvalue weighted by molar-refractivity contribution is 0.0592. The van der Waals surface area contributed by atoms with E-state index in [9.17, 15) is 14.4 Å². The molecule has 1 amide bonds. The van der Waals surface area contributed by atoms with Gasteiger partial charge in [-0.15, -0.1) is 0 Å². The lowest BCUT2D eigenvalue weighted by Crippen LogP contribution is -2.17. The van der Waals surface area contributed by atoms with E-state index in [2.05, 4.69) is 30.5 Å². The van der Waals surface area contributed by atoms with E-state index in [1.165, 1.54) is 20.4 Å². The molecule has 0 atom stereocenters. The lowest BCUT2D eigenvalue weighted by Gasteiger charge is -2.04. The van der Waals surface area contributed by atoms with Crippen LogP contribution in [0, 0.1) is 0 Å². The molecule has 0 bridgehead atoms. The van der Waals surface area contributed by atoms with Crippen molar-refractivity contribution in [1.82, 2.24) is 5.43 Å². The molecule has 0 aromatic heterocycles. The summed E-state index contributed by atoms with van der Waals surface area (Å²) in [6.07, 6.45) is 3.06. The molecule has 0 aliphatic heterocycles. The molecule has 0 spiro atoms. The molecular formula is C25H22N4O5. The number of ether oxygens (including phenoxy) is 2. The van der Waals surface area contributed by atoms with Gasteiger partial charge in [-0.2, -0.15) is 10.2 Å². The van der Waals surface area contributed by atoms with Crippen LogP contribution < -0.4 is 10.9 Å². The second-order valence-electron chi connectivity index (χ2n) is 6.88. The largest absolute Gasteiger partial charge is 0.465 e. The first-order valence-corrected chi connectivity index (χ1v) is 10.1. The van der Waals surface area contributed by atoms with Gasteiger partial charge in [0.25, 0.3) is 5.91 Å². The number of hydrazone groups is 2. The highest BCUT2D eigenvalue weighted by Crippen LogP contribution is 2.11. The SMILES string of the molecule is COC(=O)c1ccc(/C=N/NC(=O)c2cccc(N/N=C/c3ccc(C(=O)OC)cc3)c2)cc1. The minimum Gasteiger partial charge on any atom is -0.465 e. The maximum atomic E-state index is 12.4. The molecule has 3 rings (SSSR count). The Morgan fingerprint density at radius 3 is 1.76 bits per heavy atom. The third-order valence-electron chi connectivity index (χ3n) is 4.58. The van der Waals surface area contributed by atoms with E-state index in [1.807, 2.05) is 0 Å². The zero-order valence-corrected chi connectivity index (χ0v) is 18.5. The number of hydrogen-bond donors (Lipinski definition) is 2. The van der Waals surface area contributed by atoms with Gasteiger partial charge in [-0.05, 0) is 53.6 Å². The average molecular weight is 458 g/mol. The van der Waals surface area contributed by atoms with Crippen LogP contribution in [0.5, 0.6) is 0 Å². The Hall–Kier alpha value is -4.79. The summed E-state index contributed by atoms with van der Waals surface area (Å²) in [6.45, 7) is 0. The molecule has 0 saturated heterocycles. The van der Waals surface area contributed by atoms with E-state index in [-0.39, 0.29) is 0 Å². The summed E-state index contributed by atoms with van der Waals surface area (Å²) >= 11 is 0. The highest BCUT2D eigenvalue weighted by atomic mass is 16.5. The Kier molecular flexibility index (Phi) is 8.23. The van der Waals surface area contributed by atoms with Crippen LogP contribution in [0.1, 0.15) is 42.2 Å². The molecule has 3 aromatic rings. The molecule has 0 heterocycles. The summed E-state index contributed by atoms with van der Waals surface area (Å²) in [5, 5.41) is 8.10. The number of hydrogen-bond acceptors (Lipinski definition) is 8. The van der Waals surface area contributed by atoms with Crippen molar-refractivity contribution in [2.45, 2.75) is 0 Å². The number of benzene rings is 3. The van der Waals surface area contributed by atoms with Gasteiger partial charge in [0.15, 0.2) is 0 Å². The fraction of sp³-hybridized carbons (Fsp3) is 0.0800. The van der Waals surface area contributed by atoms with Crippen molar-refractivity contribution in [2.24, 2.45) is 10.2 Å². The first-order valence-electron chi connectivity index (χ1n) is 10.1. The number of nitrogens with one attached hydrogen (secondary N) is 2. The summed E-state index contributed by atoms with van der Waals surface area (Å²) in [5.41, 5.74) is 8.68. The number of methoxy groups -OCH3 is 2. The highest BCUT2D eigenvalue weighted by molar-refractivity contribution is 5.96. The molecular weight excluding hydrogens is 436 g/mol. The molecule has 2 N–H and O–H groups in total. The number of anilines is 1.